The van der Waals surface area contributed by atoms with E-state index in [0.717, 1.165) is 23.7 Å². The summed E-state index contributed by atoms with van der Waals surface area (Å²) in [6, 6.07) is 10.2. The average molecular weight is 309 g/mol. The Balaban J connectivity index is 2.15. The van der Waals surface area contributed by atoms with Crippen LogP contribution < -0.4 is 4.74 Å². The number of halogens is 1. The second-order valence-corrected chi connectivity index (χ2v) is 5.50. The van der Waals surface area contributed by atoms with Crippen molar-refractivity contribution in [3.05, 3.63) is 53.0 Å². The summed E-state index contributed by atoms with van der Waals surface area (Å²) in [5.41, 5.74) is 2.46. The van der Waals surface area contributed by atoms with Gasteiger partial charge in [-0.2, -0.15) is 0 Å². The maximum atomic E-state index is 5.56. The van der Waals surface area contributed by atoms with E-state index in [4.69, 9.17) is 9.15 Å². The predicted octanol–water partition coefficient (Wildman–Crippen LogP) is 4.58. The van der Waals surface area contributed by atoms with Gasteiger partial charge in [-0.05, 0) is 44.0 Å². The molecule has 3 heteroatoms. The van der Waals surface area contributed by atoms with Crippen LogP contribution in [0, 0.1) is 13.8 Å². The van der Waals surface area contributed by atoms with Crippen molar-refractivity contribution >= 4 is 15.9 Å². The number of alkyl halides is 1. The average Bonchev–Trinajstić information content (AvgIpc) is 2.69. The molecule has 0 fully saturated rings. The van der Waals surface area contributed by atoms with E-state index in [2.05, 4.69) is 34.1 Å². The summed E-state index contributed by atoms with van der Waals surface area (Å²) < 4.78 is 10.8. The Bertz CT molecular complexity index is 531. The van der Waals surface area contributed by atoms with Crippen LogP contribution in [0.3, 0.4) is 0 Å². The molecule has 2 aromatic rings. The van der Waals surface area contributed by atoms with E-state index in [-0.39, 0.29) is 4.83 Å². The van der Waals surface area contributed by atoms with Gasteiger partial charge in [-0.3, -0.25) is 0 Å². The van der Waals surface area contributed by atoms with Crippen LogP contribution in [0.15, 0.2) is 34.7 Å². The summed E-state index contributed by atoms with van der Waals surface area (Å²) in [7, 11) is 1.69. The van der Waals surface area contributed by atoms with Crippen molar-refractivity contribution < 1.29 is 9.15 Å². The molecule has 1 atom stereocenters. The molecule has 0 bridgehead atoms. The topological polar surface area (TPSA) is 22.4 Å². The molecule has 0 saturated heterocycles. The number of hydrogen-bond acceptors (Lipinski definition) is 2. The Morgan fingerprint density at radius 3 is 2.67 bits per heavy atom. The first-order valence-electron chi connectivity index (χ1n) is 5.94. The molecule has 0 amide bonds. The quantitative estimate of drug-likeness (QED) is 0.771. The van der Waals surface area contributed by atoms with Gasteiger partial charge in [0.1, 0.15) is 17.3 Å². The van der Waals surface area contributed by atoms with Crippen LogP contribution in [-0.4, -0.2) is 7.11 Å². The Hall–Kier alpha value is -1.22. The predicted molar refractivity (Wildman–Crippen MR) is 76.5 cm³/mol. The van der Waals surface area contributed by atoms with Crippen LogP contribution in [0.1, 0.15) is 27.5 Å². The first-order chi connectivity index (χ1) is 8.60. The number of ether oxygens (including phenoxy) is 1. The Morgan fingerprint density at radius 2 is 2.06 bits per heavy atom. The smallest absolute Gasteiger partial charge is 0.119 e. The van der Waals surface area contributed by atoms with Gasteiger partial charge in [0, 0.05) is 10.4 Å². The molecular weight excluding hydrogens is 292 g/mol. The van der Waals surface area contributed by atoms with Crippen molar-refractivity contribution in [2.24, 2.45) is 0 Å². The lowest BCUT2D eigenvalue weighted by molar-refractivity contribution is 0.414. The molecule has 18 heavy (non-hydrogen) atoms. The molecule has 2 nitrogen and oxygen atoms in total. The van der Waals surface area contributed by atoms with Crippen molar-refractivity contribution in [2.45, 2.75) is 25.1 Å². The highest BCUT2D eigenvalue weighted by atomic mass is 79.9. The summed E-state index contributed by atoms with van der Waals surface area (Å²) in [5, 5.41) is 0. The molecule has 0 spiro atoms. The van der Waals surface area contributed by atoms with Crippen LogP contribution >= 0.6 is 15.9 Å². The van der Waals surface area contributed by atoms with Gasteiger partial charge in [0.05, 0.1) is 7.11 Å². The minimum absolute atomic E-state index is 0.266. The zero-order valence-electron chi connectivity index (χ0n) is 10.9. The van der Waals surface area contributed by atoms with Gasteiger partial charge < -0.3 is 9.15 Å². The van der Waals surface area contributed by atoms with Gasteiger partial charge in [-0.1, -0.05) is 28.1 Å². The van der Waals surface area contributed by atoms with Gasteiger partial charge in [-0.25, -0.2) is 0 Å². The van der Waals surface area contributed by atoms with Crippen molar-refractivity contribution in [1.29, 1.82) is 0 Å². The molecular formula is C15H17BrO2. The molecule has 0 aliphatic carbocycles. The summed E-state index contributed by atoms with van der Waals surface area (Å²) in [5.74, 6) is 2.84. The second kappa shape index (κ2) is 5.61. The van der Waals surface area contributed by atoms with Gasteiger partial charge in [-0.15, -0.1) is 0 Å². The maximum Gasteiger partial charge on any atom is 0.119 e. The van der Waals surface area contributed by atoms with Crippen LogP contribution in [-0.2, 0) is 6.42 Å². The molecule has 1 aromatic heterocycles. The highest BCUT2D eigenvalue weighted by Crippen LogP contribution is 2.32. The lowest BCUT2D eigenvalue weighted by atomic mass is 10.0. The summed E-state index contributed by atoms with van der Waals surface area (Å²) in [6.07, 6.45) is 0.914. The van der Waals surface area contributed by atoms with Crippen molar-refractivity contribution in [1.82, 2.24) is 0 Å². The van der Waals surface area contributed by atoms with E-state index < -0.39 is 0 Å². The van der Waals surface area contributed by atoms with Crippen LogP contribution in [0.25, 0.3) is 0 Å². The zero-order valence-corrected chi connectivity index (χ0v) is 12.5. The van der Waals surface area contributed by atoms with E-state index in [1.54, 1.807) is 7.11 Å². The minimum atomic E-state index is 0.266. The maximum absolute atomic E-state index is 5.56. The first kappa shape index (κ1) is 13.2. The molecule has 0 N–H and O–H groups in total. The fraction of sp³-hybridized carbons (Fsp3) is 0.333. The Labute approximate surface area is 116 Å². The van der Waals surface area contributed by atoms with Gasteiger partial charge in [0.2, 0.25) is 0 Å². The summed E-state index contributed by atoms with van der Waals surface area (Å²) >= 11 is 3.73. The molecule has 0 aliphatic rings. The van der Waals surface area contributed by atoms with E-state index >= 15 is 0 Å². The minimum Gasteiger partial charge on any atom is -0.497 e. The lowest BCUT2D eigenvalue weighted by Gasteiger charge is -2.10. The number of furan rings is 1. The van der Waals surface area contributed by atoms with Gasteiger partial charge in [0.15, 0.2) is 0 Å². The third-order valence-corrected chi connectivity index (χ3v) is 3.78. The molecule has 1 unspecified atom stereocenters. The molecule has 0 saturated carbocycles. The standard InChI is InChI=1S/C15H17BrO2/c1-10-7-14(11(2)18-10)15(16)9-12-5-4-6-13(8-12)17-3/h4-8,15H,9H2,1-3H3. The number of hydrogen-bond donors (Lipinski definition) is 0. The molecule has 0 radical (unpaired) electrons. The SMILES string of the molecule is COc1cccc(CC(Br)c2cc(C)oc2C)c1. The third-order valence-electron chi connectivity index (χ3n) is 2.97. The van der Waals surface area contributed by atoms with E-state index in [0.29, 0.717) is 0 Å². The highest BCUT2D eigenvalue weighted by molar-refractivity contribution is 9.09. The molecule has 2 rings (SSSR count). The second-order valence-electron chi connectivity index (χ2n) is 4.39. The number of aryl methyl sites for hydroxylation is 2. The number of benzene rings is 1. The lowest BCUT2D eigenvalue weighted by Crippen LogP contribution is -1.96. The number of methoxy groups -OCH3 is 1. The third kappa shape index (κ3) is 2.96. The van der Waals surface area contributed by atoms with Crippen LogP contribution in [0.5, 0.6) is 5.75 Å². The van der Waals surface area contributed by atoms with Crippen LogP contribution in [0.2, 0.25) is 0 Å². The van der Waals surface area contributed by atoms with Gasteiger partial charge >= 0.3 is 0 Å². The van der Waals surface area contributed by atoms with Crippen LogP contribution in [0.4, 0.5) is 0 Å². The van der Waals surface area contributed by atoms with Crippen molar-refractivity contribution in [3.63, 3.8) is 0 Å². The van der Waals surface area contributed by atoms with E-state index in [9.17, 15) is 0 Å². The monoisotopic (exact) mass is 308 g/mol. The Morgan fingerprint density at radius 1 is 1.28 bits per heavy atom. The fourth-order valence-electron chi connectivity index (χ4n) is 2.08. The Kier molecular flexibility index (Phi) is 4.12. The molecule has 0 aliphatic heterocycles. The molecule has 1 aromatic carbocycles. The van der Waals surface area contributed by atoms with Crippen molar-refractivity contribution in [2.75, 3.05) is 7.11 Å². The fourth-order valence-corrected chi connectivity index (χ4v) is 2.91. The largest absolute Gasteiger partial charge is 0.497 e. The zero-order chi connectivity index (χ0) is 13.1. The van der Waals surface area contributed by atoms with Crippen molar-refractivity contribution in [3.8, 4) is 5.75 Å². The van der Waals surface area contributed by atoms with E-state index in [1.165, 1.54) is 11.1 Å². The summed E-state index contributed by atoms with van der Waals surface area (Å²) in [6.45, 7) is 3.98. The van der Waals surface area contributed by atoms with E-state index in [1.807, 2.05) is 26.0 Å². The highest BCUT2D eigenvalue weighted by Gasteiger charge is 2.15. The molecule has 96 valence electrons. The number of rotatable bonds is 4. The molecule has 1 heterocycles. The van der Waals surface area contributed by atoms with Gasteiger partial charge in [0.25, 0.3) is 0 Å². The summed E-state index contributed by atoms with van der Waals surface area (Å²) in [4.78, 5) is 0.266. The normalized spacial score (nSPS) is 12.4. The first-order valence-corrected chi connectivity index (χ1v) is 6.85.